The van der Waals surface area contributed by atoms with Gasteiger partial charge in [-0.15, -0.1) is 0 Å². The van der Waals surface area contributed by atoms with E-state index in [2.05, 4.69) is 42.2 Å². The fourth-order valence-electron chi connectivity index (χ4n) is 2.82. The van der Waals surface area contributed by atoms with Crippen LogP contribution in [0.25, 0.3) is 5.65 Å². The summed E-state index contributed by atoms with van der Waals surface area (Å²) in [6.45, 7) is 1.30. The summed E-state index contributed by atoms with van der Waals surface area (Å²) >= 11 is 3.48. The third-order valence-corrected chi connectivity index (χ3v) is 4.53. The SMILES string of the molecule is CN=C(NCc1cn2cc(Br)ccc2n1)N(C)Cc1ccccc1OC. The fourth-order valence-corrected chi connectivity index (χ4v) is 3.17. The van der Waals surface area contributed by atoms with Gasteiger partial charge in [0.1, 0.15) is 11.4 Å². The molecule has 7 heteroatoms. The molecule has 0 saturated carbocycles. The molecule has 3 aromatic rings. The number of para-hydroxylation sites is 1. The third kappa shape index (κ3) is 4.16. The second kappa shape index (κ2) is 8.23. The first kappa shape index (κ1) is 18.3. The summed E-state index contributed by atoms with van der Waals surface area (Å²) in [5.74, 6) is 1.68. The van der Waals surface area contributed by atoms with Crippen LogP contribution in [-0.2, 0) is 13.1 Å². The number of fused-ring (bicyclic) bond motifs is 1. The highest BCUT2D eigenvalue weighted by molar-refractivity contribution is 9.10. The van der Waals surface area contributed by atoms with Crippen molar-refractivity contribution in [1.82, 2.24) is 19.6 Å². The Morgan fingerprint density at radius 2 is 2.08 bits per heavy atom. The Bertz CT molecular complexity index is 921. The Morgan fingerprint density at radius 3 is 2.85 bits per heavy atom. The molecule has 2 aromatic heterocycles. The van der Waals surface area contributed by atoms with Gasteiger partial charge in [-0.3, -0.25) is 4.99 Å². The molecule has 3 rings (SSSR count). The Balaban J connectivity index is 1.66. The number of pyridine rings is 1. The maximum atomic E-state index is 5.43. The molecular formula is C19H22BrN5O. The number of nitrogens with zero attached hydrogens (tertiary/aromatic N) is 4. The Labute approximate surface area is 161 Å². The van der Waals surface area contributed by atoms with E-state index < -0.39 is 0 Å². The van der Waals surface area contributed by atoms with Crippen molar-refractivity contribution in [3.8, 4) is 5.75 Å². The summed E-state index contributed by atoms with van der Waals surface area (Å²) in [6, 6.07) is 12.0. The van der Waals surface area contributed by atoms with Gasteiger partial charge in [-0.25, -0.2) is 4.98 Å². The Morgan fingerprint density at radius 1 is 1.27 bits per heavy atom. The van der Waals surface area contributed by atoms with Crippen molar-refractivity contribution in [3.05, 3.63) is 64.5 Å². The van der Waals surface area contributed by atoms with Gasteiger partial charge in [0.25, 0.3) is 0 Å². The number of methoxy groups -OCH3 is 1. The zero-order valence-electron chi connectivity index (χ0n) is 15.1. The van der Waals surface area contributed by atoms with Crippen molar-refractivity contribution in [2.75, 3.05) is 21.2 Å². The lowest BCUT2D eigenvalue weighted by molar-refractivity contribution is 0.396. The minimum Gasteiger partial charge on any atom is -0.496 e. The zero-order valence-corrected chi connectivity index (χ0v) is 16.7. The van der Waals surface area contributed by atoms with Crippen LogP contribution in [0.4, 0.5) is 0 Å². The first-order valence-electron chi connectivity index (χ1n) is 8.27. The number of benzene rings is 1. The second-order valence-electron chi connectivity index (χ2n) is 5.91. The van der Waals surface area contributed by atoms with Gasteiger partial charge in [0.2, 0.25) is 0 Å². The maximum Gasteiger partial charge on any atom is 0.194 e. The van der Waals surface area contributed by atoms with Gasteiger partial charge in [0.05, 0.1) is 19.3 Å². The van der Waals surface area contributed by atoms with Crippen LogP contribution in [0, 0.1) is 0 Å². The van der Waals surface area contributed by atoms with E-state index in [1.165, 1.54) is 0 Å². The van der Waals surface area contributed by atoms with E-state index in [4.69, 9.17) is 4.74 Å². The lowest BCUT2D eigenvalue weighted by Gasteiger charge is -2.22. The van der Waals surface area contributed by atoms with Crippen LogP contribution in [-0.4, -0.2) is 41.4 Å². The van der Waals surface area contributed by atoms with Gasteiger partial charge in [0.15, 0.2) is 5.96 Å². The lowest BCUT2D eigenvalue weighted by Crippen LogP contribution is -2.38. The molecule has 0 amide bonds. The first-order chi connectivity index (χ1) is 12.6. The number of ether oxygens (including phenoxy) is 1. The minimum absolute atomic E-state index is 0.599. The molecule has 0 fully saturated rings. The van der Waals surface area contributed by atoms with Crippen LogP contribution >= 0.6 is 15.9 Å². The number of imidazole rings is 1. The Hall–Kier alpha value is -2.54. The number of guanidine groups is 1. The number of rotatable bonds is 5. The zero-order chi connectivity index (χ0) is 18.5. The number of halogens is 1. The number of aromatic nitrogens is 2. The van der Waals surface area contributed by atoms with E-state index in [1.807, 2.05) is 54.2 Å². The molecule has 0 aliphatic carbocycles. The number of nitrogens with one attached hydrogen (secondary N) is 1. The van der Waals surface area contributed by atoms with Crippen LogP contribution in [0.15, 0.2) is 58.3 Å². The Kier molecular flexibility index (Phi) is 5.78. The van der Waals surface area contributed by atoms with Gasteiger partial charge in [-0.2, -0.15) is 0 Å². The van der Waals surface area contributed by atoms with Crippen molar-refractivity contribution in [2.45, 2.75) is 13.1 Å². The summed E-state index contributed by atoms with van der Waals surface area (Å²) < 4.78 is 8.45. The smallest absolute Gasteiger partial charge is 0.194 e. The van der Waals surface area contributed by atoms with Crippen LogP contribution in [0.1, 0.15) is 11.3 Å². The predicted molar refractivity (Wildman–Crippen MR) is 108 cm³/mol. The van der Waals surface area contributed by atoms with E-state index in [0.717, 1.165) is 33.1 Å². The van der Waals surface area contributed by atoms with E-state index in [1.54, 1.807) is 14.2 Å². The number of hydrogen-bond donors (Lipinski definition) is 1. The van der Waals surface area contributed by atoms with Crippen molar-refractivity contribution in [2.24, 2.45) is 4.99 Å². The number of hydrogen-bond acceptors (Lipinski definition) is 3. The van der Waals surface area contributed by atoms with Gasteiger partial charge >= 0.3 is 0 Å². The van der Waals surface area contributed by atoms with Crippen LogP contribution in [0.2, 0.25) is 0 Å². The summed E-state index contributed by atoms with van der Waals surface area (Å²) in [5.41, 5.74) is 2.98. The maximum absolute atomic E-state index is 5.43. The van der Waals surface area contributed by atoms with Crippen molar-refractivity contribution in [1.29, 1.82) is 0 Å². The average Bonchev–Trinajstić information content (AvgIpc) is 3.04. The first-order valence-corrected chi connectivity index (χ1v) is 9.07. The molecule has 2 heterocycles. The molecule has 1 N–H and O–H groups in total. The molecule has 0 bridgehead atoms. The molecule has 0 saturated heterocycles. The van der Waals surface area contributed by atoms with Crippen molar-refractivity contribution >= 4 is 27.5 Å². The van der Waals surface area contributed by atoms with E-state index in [9.17, 15) is 0 Å². The second-order valence-corrected chi connectivity index (χ2v) is 6.83. The summed E-state index contributed by atoms with van der Waals surface area (Å²) in [6.07, 6.45) is 4.01. The van der Waals surface area contributed by atoms with Gasteiger partial charge in [-0.05, 0) is 34.1 Å². The molecule has 0 aliphatic heterocycles. The molecule has 0 aliphatic rings. The summed E-state index contributed by atoms with van der Waals surface area (Å²) in [4.78, 5) is 11.0. The normalized spacial score (nSPS) is 11.6. The minimum atomic E-state index is 0.599. The lowest BCUT2D eigenvalue weighted by atomic mass is 10.2. The van der Waals surface area contributed by atoms with E-state index in [0.29, 0.717) is 13.1 Å². The molecule has 26 heavy (non-hydrogen) atoms. The molecule has 0 radical (unpaired) electrons. The standard InChI is InChI=1S/C19H22BrN5O/c1-21-19(24(2)11-14-6-4-5-7-17(14)26-3)22-10-16-13-25-12-15(20)8-9-18(25)23-16/h4-9,12-13H,10-11H2,1-3H3,(H,21,22). The predicted octanol–water partition coefficient (Wildman–Crippen LogP) is 3.31. The molecule has 136 valence electrons. The molecule has 0 unspecified atom stereocenters. The van der Waals surface area contributed by atoms with Gasteiger partial charge in [-0.1, -0.05) is 18.2 Å². The summed E-state index contributed by atoms with van der Waals surface area (Å²) in [7, 11) is 5.47. The van der Waals surface area contributed by atoms with Gasteiger partial charge < -0.3 is 19.4 Å². The topological polar surface area (TPSA) is 54.2 Å². The molecule has 0 spiro atoms. The average molecular weight is 416 g/mol. The van der Waals surface area contributed by atoms with Crippen LogP contribution in [0.5, 0.6) is 5.75 Å². The summed E-state index contributed by atoms with van der Waals surface area (Å²) in [5, 5.41) is 3.37. The molecular weight excluding hydrogens is 394 g/mol. The van der Waals surface area contributed by atoms with Crippen LogP contribution < -0.4 is 10.1 Å². The van der Waals surface area contributed by atoms with Crippen molar-refractivity contribution in [3.63, 3.8) is 0 Å². The highest BCUT2D eigenvalue weighted by Gasteiger charge is 2.10. The van der Waals surface area contributed by atoms with E-state index >= 15 is 0 Å². The largest absolute Gasteiger partial charge is 0.496 e. The fraction of sp³-hybridized carbons (Fsp3) is 0.263. The third-order valence-electron chi connectivity index (χ3n) is 4.07. The molecule has 1 aromatic carbocycles. The molecule has 6 nitrogen and oxygen atoms in total. The monoisotopic (exact) mass is 415 g/mol. The molecule has 0 atom stereocenters. The van der Waals surface area contributed by atoms with Crippen molar-refractivity contribution < 1.29 is 4.74 Å². The quantitative estimate of drug-likeness (QED) is 0.512. The van der Waals surface area contributed by atoms with E-state index in [-0.39, 0.29) is 0 Å². The van der Waals surface area contributed by atoms with Crippen LogP contribution in [0.3, 0.4) is 0 Å². The van der Waals surface area contributed by atoms with Gasteiger partial charge in [0, 0.05) is 43.1 Å². The number of aliphatic imine (C=N–C) groups is 1. The highest BCUT2D eigenvalue weighted by atomic mass is 79.9. The highest BCUT2D eigenvalue weighted by Crippen LogP contribution is 2.18.